The molecule has 0 radical (unpaired) electrons. The maximum Gasteiger partial charge on any atom is 0.573 e. The summed E-state index contributed by atoms with van der Waals surface area (Å²) in [6.45, 7) is 0. The van der Waals surface area contributed by atoms with Gasteiger partial charge in [-0.3, -0.25) is 9.59 Å². The third kappa shape index (κ3) is 6.56. The number of hydrogen-bond donors (Lipinski definition) is 2. The Hall–Kier alpha value is -4.56. The average Bonchev–Trinajstić information content (AvgIpc) is 2.78. The van der Waals surface area contributed by atoms with E-state index in [1.165, 1.54) is 0 Å². The lowest BCUT2D eigenvalue weighted by atomic mass is 10.1. The third-order valence-electron chi connectivity index (χ3n) is 4.40. The van der Waals surface area contributed by atoms with Crippen LogP contribution in [0.1, 0.15) is 30.4 Å². The monoisotopic (exact) mass is 536 g/mol. The number of halogens is 7. The van der Waals surface area contributed by atoms with Crippen molar-refractivity contribution in [1.82, 2.24) is 4.98 Å². The van der Waals surface area contributed by atoms with Gasteiger partial charge in [0.05, 0.1) is 22.3 Å². The van der Waals surface area contributed by atoms with E-state index in [-0.39, 0.29) is 17.4 Å². The smallest absolute Gasteiger partial charge is 0.493 e. The molecule has 1 heterocycles. The molecule has 0 bridgehead atoms. The summed E-state index contributed by atoms with van der Waals surface area (Å²) in [4.78, 5) is 27.7. The van der Waals surface area contributed by atoms with E-state index in [9.17, 15) is 35.9 Å². The fourth-order valence-corrected chi connectivity index (χ4v) is 2.83. The first kappa shape index (κ1) is 22.9. The van der Waals surface area contributed by atoms with Gasteiger partial charge in [0, 0.05) is 12.3 Å². The number of carbonyl (C=O) groups excluding carboxylic acids is 2. The Morgan fingerprint density at radius 3 is 2.27 bits per heavy atom. The standard InChI is InChI=1S/C22H14F7N3O5/c1-35-15-8-11(37-22(27,28)29)3-5-13(15)36-14-6-4-12(21(24,25)26)18(23)17(14)20(34)32-16-7-2-10(9-31-16)19(30)33/h2-9H,1H3,(H2,30,33)(H,31,32,34)/i1D3. The van der Waals surface area contributed by atoms with Crippen LogP contribution >= 0.6 is 0 Å². The summed E-state index contributed by atoms with van der Waals surface area (Å²) in [5, 5.41) is 2.00. The van der Waals surface area contributed by atoms with Crippen LogP contribution in [0.25, 0.3) is 0 Å². The van der Waals surface area contributed by atoms with Crippen LogP contribution in [0.15, 0.2) is 48.7 Å². The lowest BCUT2D eigenvalue weighted by molar-refractivity contribution is -0.274. The number of pyridine rings is 1. The molecule has 0 aliphatic rings. The summed E-state index contributed by atoms with van der Waals surface area (Å²) >= 11 is 0. The van der Waals surface area contributed by atoms with Gasteiger partial charge in [0.15, 0.2) is 17.3 Å². The quantitative estimate of drug-likeness (QED) is 0.397. The number of anilines is 1. The molecule has 1 aromatic heterocycles. The van der Waals surface area contributed by atoms with Crippen molar-refractivity contribution in [3.05, 3.63) is 71.2 Å². The molecule has 37 heavy (non-hydrogen) atoms. The van der Waals surface area contributed by atoms with Crippen LogP contribution in [0.3, 0.4) is 0 Å². The number of nitrogens with zero attached hydrogens (tertiary/aromatic N) is 1. The summed E-state index contributed by atoms with van der Waals surface area (Å²) in [7, 11) is -3.26. The second-order valence-corrected chi connectivity index (χ2v) is 6.91. The third-order valence-corrected chi connectivity index (χ3v) is 4.40. The Bertz CT molecular complexity index is 1430. The number of primary amides is 1. The Balaban J connectivity index is 2.08. The fourth-order valence-electron chi connectivity index (χ4n) is 2.83. The molecule has 3 rings (SSSR count). The zero-order chi connectivity index (χ0) is 30.0. The van der Waals surface area contributed by atoms with E-state index in [0.29, 0.717) is 24.3 Å². The summed E-state index contributed by atoms with van der Waals surface area (Å²) in [5.74, 6) is -8.40. The van der Waals surface area contributed by atoms with Crippen LogP contribution in [-0.2, 0) is 6.18 Å². The van der Waals surface area contributed by atoms with Crippen LogP contribution in [0.5, 0.6) is 23.0 Å². The minimum absolute atomic E-state index is 0.0907. The molecule has 0 saturated heterocycles. The molecule has 0 spiro atoms. The molecule has 2 aromatic carbocycles. The molecule has 0 aliphatic heterocycles. The average molecular weight is 536 g/mol. The number of carbonyl (C=O) groups is 2. The van der Waals surface area contributed by atoms with Gasteiger partial charge in [0.1, 0.15) is 22.9 Å². The number of hydrogen-bond acceptors (Lipinski definition) is 6. The van der Waals surface area contributed by atoms with Gasteiger partial charge in [-0.15, -0.1) is 13.2 Å². The molecule has 3 aromatic rings. The van der Waals surface area contributed by atoms with Gasteiger partial charge in [0.2, 0.25) is 5.91 Å². The largest absolute Gasteiger partial charge is 0.573 e. The van der Waals surface area contributed by atoms with Crippen molar-refractivity contribution in [1.29, 1.82) is 0 Å². The van der Waals surface area contributed by atoms with Crippen molar-refractivity contribution in [2.24, 2.45) is 5.73 Å². The number of aromatic nitrogens is 1. The maximum atomic E-state index is 15.1. The molecular formula is C22H14F7N3O5. The molecule has 15 heteroatoms. The minimum Gasteiger partial charge on any atom is -0.493 e. The maximum absolute atomic E-state index is 15.1. The van der Waals surface area contributed by atoms with Crippen LogP contribution in [0.4, 0.5) is 36.6 Å². The topological polar surface area (TPSA) is 113 Å². The number of nitrogens with two attached hydrogens (primary N) is 1. The lowest BCUT2D eigenvalue weighted by Gasteiger charge is -2.17. The van der Waals surface area contributed by atoms with Crippen LogP contribution < -0.4 is 25.3 Å². The van der Waals surface area contributed by atoms with Gasteiger partial charge in [0.25, 0.3) is 5.91 Å². The molecule has 2 amide bonds. The summed E-state index contributed by atoms with van der Waals surface area (Å²) in [5.41, 5.74) is 1.76. The zero-order valence-electron chi connectivity index (χ0n) is 20.8. The van der Waals surface area contributed by atoms with E-state index < -0.39 is 71.3 Å². The van der Waals surface area contributed by atoms with Crippen molar-refractivity contribution in [3.8, 4) is 23.0 Å². The summed E-state index contributed by atoms with van der Waals surface area (Å²) in [6.07, 6.45) is -9.54. The molecule has 8 nitrogen and oxygen atoms in total. The molecular weight excluding hydrogens is 519 g/mol. The molecule has 0 unspecified atom stereocenters. The Morgan fingerprint density at radius 1 is 1.00 bits per heavy atom. The van der Waals surface area contributed by atoms with Crippen molar-refractivity contribution < 1.29 is 58.6 Å². The molecule has 196 valence electrons. The van der Waals surface area contributed by atoms with E-state index in [0.717, 1.165) is 18.3 Å². The number of alkyl halides is 6. The predicted molar refractivity (Wildman–Crippen MR) is 112 cm³/mol. The highest BCUT2D eigenvalue weighted by Crippen LogP contribution is 2.40. The van der Waals surface area contributed by atoms with Gasteiger partial charge in [-0.2, -0.15) is 13.2 Å². The molecule has 0 saturated carbocycles. The molecule has 0 aliphatic carbocycles. The summed E-state index contributed by atoms with van der Waals surface area (Å²) < 4.78 is 128. The van der Waals surface area contributed by atoms with E-state index in [4.69, 9.17) is 14.6 Å². The van der Waals surface area contributed by atoms with E-state index in [1.54, 1.807) is 0 Å². The number of ether oxygens (including phenoxy) is 3. The van der Waals surface area contributed by atoms with Gasteiger partial charge < -0.3 is 25.3 Å². The number of methoxy groups -OCH3 is 1. The normalized spacial score (nSPS) is 13.1. The highest BCUT2D eigenvalue weighted by Gasteiger charge is 2.38. The van der Waals surface area contributed by atoms with Crippen molar-refractivity contribution in [2.75, 3.05) is 12.4 Å². The van der Waals surface area contributed by atoms with Crippen molar-refractivity contribution in [2.45, 2.75) is 12.5 Å². The fraction of sp³-hybridized carbons (Fsp3) is 0.136. The highest BCUT2D eigenvalue weighted by molar-refractivity contribution is 6.06. The van der Waals surface area contributed by atoms with Crippen LogP contribution in [-0.4, -0.2) is 30.2 Å². The SMILES string of the molecule is [2H]C([2H])([2H])Oc1cc(OC(F)(F)F)ccc1Oc1ccc(C(F)(F)F)c(F)c1C(=O)Nc1ccc(C(N)=O)cn1. The molecule has 3 N–H and O–H groups in total. The molecule has 0 fully saturated rings. The van der Waals surface area contributed by atoms with Gasteiger partial charge in [-0.1, -0.05) is 0 Å². The zero-order valence-corrected chi connectivity index (χ0v) is 17.8. The first-order chi connectivity index (χ1) is 18.3. The second kappa shape index (κ2) is 10.2. The van der Waals surface area contributed by atoms with Gasteiger partial charge in [-0.05, 0) is 36.4 Å². The van der Waals surface area contributed by atoms with Crippen LogP contribution in [0.2, 0.25) is 0 Å². The number of amides is 2. The number of nitrogens with one attached hydrogen (secondary N) is 1. The van der Waals surface area contributed by atoms with Gasteiger partial charge in [-0.25, -0.2) is 9.37 Å². The van der Waals surface area contributed by atoms with Crippen LogP contribution in [0, 0.1) is 5.82 Å². The first-order valence-corrected chi connectivity index (χ1v) is 9.57. The van der Waals surface area contributed by atoms with Crippen molar-refractivity contribution in [3.63, 3.8) is 0 Å². The molecule has 0 atom stereocenters. The minimum atomic E-state index is -5.27. The van der Waals surface area contributed by atoms with E-state index in [2.05, 4.69) is 14.5 Å². The number of rotatable bonds is 7. The number of benzene rings is 2. The first-order valence-electron chi connectivity index (χ1n) is 11.1. The Morgan fingerprint density at radius 2 is 1.70 bits per heavy atom. The van der Waals surface area contributed by atoms with E-state index in [1.807, 2.05) is 5.32 Å². The Kier molecular flexibility index (Phi) is 6.31. The second-order valence-electron chi connectivity index (χ2n) is 6.91. The predicted octanol–water partition coefficient (Wildman–Crippen LogP) is 5.29. The highest BCUT2D eigenvalue weighted by atomic mass is 19.4. The Labute approximate surface area is 207 Å². The van der Waals surface area contributed by atoms with Crippen molar-refractivity contribution >= 4 is 17.6 Å². The van der Waals surface area contributed by atoms with E-state index >= 15 is 4.39 Å². The lowest BCUT2D eigenvalue weighted by Crippen LogP contribution is -2.19. The van der Waals surface area contributed by atoms with Gasteiger partial charge >= 0.3 is 12.5 Å². The summed E-state index contributed by atoms with van der Waals surface area (Å²) in [6, 6.07) is 4.64.